The molecule has 7 atom stereocenters. The summed E-state index contributed by atoms with van der Waals surface area (Å²) in [6, 6.07) is 13.2. The Hall–Kier alpha value is -5.72. The van der Waals surface area contributed by atoms with Gasteiger partial charge in [0.15, 0.2) is 0 Å². The van der Waals surface area contributed by atoms with E-state index < -0.39 is 0 Å². The lowest BCUT2D eigenvalue weighted by Gasteiger charge is -2.37. The Morgan fingerprint density at radius 1 is 0.872 bits per heavy atom. The summed E-state index contributed by atoms with van der Waals surface area (Å²) in [4.78, 5) is 12.6. The maximum Gasteiger partial charge on any atom is 0.0928 e. The summed E-state index contributed by atoms with van der Waals surface area (Å²) in [5.74, 6) is 2.96. The van der Waals surface area contributed by atoms with Crippen molar-refractivity contribution < 1.29 is 0 Å². The lowest BCUT2D eigenvalue weighted by molar-refractivity contribution is 0.312. The highest BCUT2D eigenvalue weighted by Crippen LogP contribution is 2.56. The second kappa shape index (κ2) is 24.3. The van der Waals surface area contributed by atoms with Crippen LogP contribution in [0.3, 0.4) is 0 Å². The SMILES string of the molecule is C=C(CCCCCNC(=C)CC1C(C)C1CC)NCCC(=C)N(C)C(Cc1ccccc1)C(=C)NCC(=C)N(C)CCC1(C(=C)NC2CCc3c(C)c(P)cc4nc5c(c2c34)CN2C(=C)C3=C(C=C52)C(CC)C(=C)CC3)CC1. The Kier molecular flexibility index (Phi) is 17.8. The van der Waals surface area contributed by atoms with Crippen LogP contribution in [0.1, 0.15) is 150 Å². The molecule has 2 aliphatic heterocycles. The zero-order valence-electron chi connectivity index (χ0n) is 48.9. The van der Waals surface area contributed by atoms with E-state index in [1.165, 1.54) is 85.2 Å². The predicted octanol–water partition coefficient (Wildman–Crippen LogP) is 14.1. The first-order valence-corrected chi connectivity index (χ1v) is 30.4. The van der Waals surface area contributed by atoms with E-state index in [4.69, 9.17) is 18.1 Å². The third-order valence-corrected chi connectivity index (χ3v) is 20.1. The van der Waals surface area contributed by atoms with Gasteiger partial charge in [0.1, 0.15) is 0 Å². The summed E-state index contributed by atoms with van der Waals surface area (Å²) in [6.07, 6.45) is 19.4. The summed E-state index contributed by atoms with van der Waals surface area (Å²) in [5.41, 5.74) is 22.2. The molecule has 4 aliphatic carbocycles. The average molecular weight is 1070 g/mol. The largest absolute Gasteiger partial charge is 0.389 e. The van der Waals surface area contributed by atoms with E-state index in [2.05, 4.69) is 169 Å². The molecule has 0 spiro atoms. The number of pyridine rings is 1. The van der Waals surface area contributed by atoms with Crippen LogP contribution in [0.25, 0.3) is 16.6 Å². The van der Waals surface area contributed by atoms with Gasteiger partial charge in [0.05, 0.1) is 42.1 Å². The first-order chi connectivity index (χ1) is 37.4. The Morgan fingerprint density at radius 2 is 1.63 bits per heavy atom. The zero-order chi connectivity index (χ0) is 55.6. The van der Waals surface area contributed by atoms with Crippen LogP contribution in [0.15, 0.2) is 152 Å². The fourth-order valence-electron chi connectivity index (χ4n) is 13.8. The van der Waals surface area contributed by atoms with E-state index >= 15 is 0 Å². The molecule has 416 valence electrons. The molecule has 0 radical (unpaired) electrons. The number of unbranched alkanes of at least 4 members (excludes halogenated alkanes) is 2. The number of nitrogens with zero attached hydrogens (tertiary/aromatic N) is 4. The van der Waals surface area contributed by atoms with Gasteiger partial charge in [-0.15, -0.1) is 9.24 Å². The second-order valence-corrected chi connectivity index (χ2v) is 25.0. The summed E-state index contributed by atoms with van der Waals surface area (Å²) in [7, 11) is 7.34. The van der Waals surface area contributed by atoms with Gasteiger partial charge in [-0.05, 0) is 159 Å². The maximum absolute atomic E-state index is 5.54. The smallest absolute Gasteiger partial charge is 0.0928 e. The molecule has 7 unspecified atom stereocenters. The van der Waals surface area contributed by atoms with E-state index in [0.29, 0.717) is 12.5 Å². The highest BCUT2D eigenvalue weighted by molar-refractivity contribution is 7.27. The van der Waals surface area contributed by atoms with Crippen molar-refractivity contribution in [3.05, 3.63) is 185 Å². The Labute approximate surface area is 473 Å². The number of aryl methyl sites for hydroxylation is 1. The van der Waals surface area contributed by atoms with Crippen LogP contribution < -0.4 is 26.6 Å². The van der Waals surface area contributed by atoms with Crippen LogP contribution in [0.5, 0.6) is 0 Å². The molecule has 6 aliphatic rings. The third-order valence-electron chi connectivity index (χ3n) is 19.5. The molecule has 2 fully saturated rings. The molecule has 8 nitrogen and oxygen atoms in total. The highest BCUT2D eigenvalue weighted by Gasteiger charge is 2.47. The van der Waals surface area contributed by atoms with Crippen LogP contribution in [-0.2, 0) is 19.4 Å². The Morgan fingerprint density at radius 3 is 2.35 bits per heavy atom. The molecule has 9 rings (SSSR count). The molecular weight excluding hydrogens is 972 g/mol. The molecule has 9 heteroatoms. The van der Waals surface area contributed by atoms with Gasteiger partial charge in [-0.25, -0.2) is 4.98 Å². The Bertz CT molecular complexity index is 2930. The molecule has 0 bridgehead atoms. The van der Waals surface area contributed by atoms with Gasteiger partial charge in [-0.1, -0.05) is 122 Å². The molecule has 0 saturated heterocycles. The van der Waals surface area contributed by atoms with Crippen molar-refractivity contribution in [1.29, 1.82) is 0 Å². The standard InChI is InChI=1S/C69H95N8P/c1-15-54-43(3)26-27-57-51(11)77-42-60-67-61(29-28-56-49(9)65(78)40-62(66(56)67)74-68(60)64(77)39-59(54)57)73-52(12)69(31-32-69)33-36-75(13)47(7)41-72-50(10)63(38-53-24-20-17-21-25-53)76(14)46(6)30-35-71-44(4)23-19-18-22-34-70-45(5)37-58-48(8)55(58)16-2/h17,20-21,24-25,39-40,48,54-55,58,61,63,70-73H,3-7,10-12,15-16,18-19,22-23,26-38,41-42,78H2,1-2,8-9,13-14H3. The summed E-state index contributed by atoms with van der Waals surface area (Å²) < 4.78 is 0. The Balaban J connectivity index is 0.769. The van der Waals surface area contributed by atoms with Gasteiger partial charge >= 0.3 is 0 Å². The highest BCUT2D eigenvalue weighted by atomic mass is 31.0. The summed E-state index contributed by atoms with van der Waals surface area (Å²) in [5, 5.41) is 17.6. The molecule has 1 aromatic heterocycles. The minimum Gasteiger partial charge on any atom is -0.389 e. The van der Waals surface area contributed by atoms with E-state index in [1.54, 1.807) is 0 Å². The van der Waals surface area contributed by atoms with Crippen molar-refractivity contribution in [2.45, 2.75) is 149 Å². The van der Waals surface area contributed by atoms with Gasteiger partial charge < -0.3 is 36.0 Å². The number of rotatable bonds is 30. The lowest BCUT2D eigenvalue weighted by atomic mass is 9.75. The number of fused-ring (bicyclic) bond motifs is 4. The topological polar surface area (TPSA) is 70.7 Å². The number of nitrogens with one attached hydrogen (secondary N) is 4. The predicted molar refractivity (Wildman–Crippen MR) is 335 cm³/mol. The number of hydrogen-bond donors (Lipinski definition) is 4. The van der Waals surface area contributed by atoms with Crippen LogP contribution in [-0.4, -0.2) is 66.0 Å². The fourth-order valence-corrected chi connectivity index (χ4v) is 14.1. The normalized spacial score (nSPS) is 21.7. The van der Waals surface area contributed by atoms with E-state index in [1.807, 2.05) is 0 Å². The molecule has 2 saturated carbocycles. The molecule has 2 aromatic carbocycles. The first-order valence-electron chi connectivity index (χ1n) is 29.8. The number of benzene rings is 2. The average Bonchev–Trinajstić information content (AvgIpc) is 4.45. The summed E-state index contributed by atoms with van der Waals surface area (Å²) >= 11 is 0. The maximum atomic E-state index is 5.54. The van der Waals surface area contributed by atoms with Crippen LogP contribution >= 0.6 is 9.24 Å². The third kappa shape index (κ3) is 12.1. The van der Waals surface area contributed by atoms with E-state index in [9.17, 15) is 0 Å². The van der Waals surface area contributed by atoms with Gasteiger partial charge in [0.2, 0.25) is 0 Å². The molecule has 78 heavy (non-hydrogen) atoms. The van der Waals surface area contributed by atoms with E-state index in [0.717, 1.165) is 174 Å². The molecule has 0 amide bonds. The number of likely N-dealkylation sites (N-methyl/N-ethyl adjacent to an activating group) is 2. The van der Waals surface area contributed by atoms with Gasteiger partial charge in [-0.3, -0.25) is 0 Å². The van der Waals surface area contributed by atoms with Crippen molar-refractivity contribution in [3.63, 3.8) is 0 Å². The molecule has 4 N–H and O–H groups in total. The number of aromatic nitrogens is 1. The van der Waals surface area contributed by atoms with Gasteiger partial charge in [0, 0.05) is 102 Å². The van der Waals surface area contributed by atoms with Crippen LogP contribution in [0.4, 0.5) is 0 Å². The minimum atomic E-state index is 0.0184. The zero-order valence-corrected chi connectivity index (χ0v) is 50.0. The van der Waals surface area contributed by atoms with Crippen molar-refractivity contribution in [1.82, 2.24) is 41.0 Å². The monoisotopic (exact) mass is 1070 g/mol. The van der Waals surface area contributed by atoms with Gasteiger partial charge in [-0.2, -0.15) is 0 Å². The summed E-state index contributed by atoms with van der Waals surface area (Å²) in [6.45, 7) is 50.0. The molecule has 3 heterocycles. The second-order valence-electron chi connectivity index (χ2n) is 24.3. The minimum absolute atomic E-state index is 0.0184. The first kappa shape index (κ1) is 57.0. The van der Waals surface area contributed by atoms with Crippen molar-refractivity contribution in [2.24, 2.45) is 29.1 Å². The molecular formula is C69H95N8P. The van der Waals surface area contributed by atoms with Crippen molar-refractivity contribution >= 4 is 31.1 Å². The number of allylic oxidation sites excluding steroid dienone is 7. The fraction of sp³-hybridized carbons (Fsp3) is 0.493. The lowest BCUT2D eigenvalue weighted by Crippen LogP contribution is -2.40. The number of hydrogen-bond acceptors (Lipinski definition) is 8. The van der Waals surface area contributed by atoms with Crippen molar-refractivity contribution in [2.75, 3.05) is 40.3 Å². The quantitative estimate of drug-likeness (QED) is 0.0299. The van der Waals surface area contributed by atoms with Crippen LogP contribution in [0, 0.1) is 36.0 Å². The van der Waals surface area contributed by atoms with Crippen molar-refractivity contribution in [3.8, 4) is 0 Å². The van der Waals surface area contributed by atoms with Gasteiger partial charge in [0.25, 0.3) is 0 Å². The van der Waals surface area contributed by atoms with E-state index in [-0.39, 0.29) is 17.5 Å². The van der Waals surface area contributed by atoms with Crippen LogP contribution in [0.2, 0.25) is 0 Å². The molecule has 3 aromatic rings.